The minimum Gasteiger partial charge on any atom is -0.282 e. The van der Waals surface area contributed by atoms with E-state index in [9.17, 15) is 0 Å². The van der Waals surface area contributed by atoms with E-state index >= 15 is 0 Å². The van der Waals surface area contributed by atoms with Crippen molar-refractivity contribution in [2.75, 3.05) is 0 Å². The minimum absolute atomic E-state index is 0.354. The summed E-state index contributed by atoms with van der Waals surface area (Å²) in [6.07, 6.45) is 3.36. The number of hydrogen-bond acceptors (Lipinski definition) is 3. The van der Waals surface area contributed by atoms with Gasteiger partial charge in [0, 0.05) is 12.4 Å². The molecule has 17 heavy (non-hydrogen) atoms. The van der Waals surface area contributed by atoms with Gasteiger partial charge in [0.15, 0.2) is 11.5 Å². The Bertz CT molecular complexity index is 693. The maximum atomic E-state index is 6.04. The molecule has 6 heteroatoms. The third-order valence-corrected chi connectivity index (χ3v) is 2.87. The van der Waals surface area contributed by atoms with Gasteiger partial charge in [0.1, 0.15) is 5.15 Å². The van der Waals surface area contributed by atoms with Crippen LogP contribution in [-0.2, 0) is 0 Å². The lowest BCUT2D eigenvalue weighted by Crippen LogP contribution is -1.91. The van der Waals surface area contributed by atoms with Crippen molar-refractivity contribution in [3.8, 4) is 11.4 Å². The predicted molar refractivity (Wildman–Crippen MR) is 66.2 cm³/mol. The maximum absolute atomic E-state index is 6.04. The molecule has 3 rings (SSSR count). The summed E-state index contributed by atoms with van der Waals surface area (Å²) in [5, 5.41) is 9.01. The molecule has 3 aromatic heterocycles. The molecule has 0 spiro atoms. The maximum Gasteiger partial charge on any atom is 0.171 e. The van der Waals surface area contributed by atoms with Crippen LogP contribution in [0.1, 0.15) is 0 Å². The van der Waals surface area contributed by atoms with Gasteiger partial charge in [-0.15, -0.1) is 10.2 Å². The summed E-state index contributed by atoms with van der Waals surface area (Å²) < 4.78 is 1.83. The van der Waals surface area contributed by atoms with Gasteiger partial charge in [-0.3, -0.25) is 4.40 Å². The Morgan fingerprint density at radius 2 is 2.00 bits per heavy atom. The van der Waals surface area contributed by atoms with Gasteiger partial charge >= 0.3 is 0 Å². The summed E-state index contributed by atoms with van der Waals surface area (Å²) in [5.74, 6) is 0.626. The summed E-state index contributed by atoms with van der Waals surface area (Å²) in [7, 11) is 0. The molecule has 0 N–H and O–H groups in total. The first-order valence-corrected chi connectivity index (χ1v) is 5.62. The summed E-state index contributed by atoms with van der Waals surface area (Å²) in [4.78, 5) is 3.99. The monoisotopic (exact) mass is 264 g/mol. The molecule has 3 heterocycles. The van der Waals surface area contributed by atoms with Crippen LogP contribution in [0.5, 0.6) is 0 Å². The summed E-state index contributed by atoms with van der Waals surface area (Å²) in [6, 6.07) is 7.38. The summed E-state index contributed by atoms with van der Waals surface area (Å²) >= 11 is 11.9. The zero-order valence-electron chi connectivity index (χ0n) is 8.51. The van der Waals surface area contributed by atoms with Crippen molar-refractivity contribution in [3.05, 3.63) is 46.8 Å². The smallest absolute Gasteiger partial charge is 0.171 e. The molecule has 0 saturated carbocycles. The first-order valence-electron chi connectivity index (χ1n) is 4.87. The highest BCUT2D eigenvalue weighted by Gasteiger charge is 2.12. The van der Waals surface area contributed by atoms with E-state index < -0.39 is 0 Å². The predicted octanol–water partition coefficient (Wildman–Crippen LogP) is 3.10. The lowest BCUT2D eigenvalue weighted by atomic mass is 10.2. The van der Waals surface area contributed by atoms with Crippen LogP contribution < -0.4 is 0 Å². The van der Waals surface area contributed by atoms with E-state index in [0.29, 0.717) is 21.6 Å². The quantitative estimate of drug-likeness (QED) is 0.635. The number of rotatable bonds is 1. The number of nitrogens with zero attached hydrogens (tertiary/aromatic N) is 4. The molecule has 84 valence electrons. The fourth-order valence-corrected chi connectivity index (χ4v) is 1.95. The highest BCUT2D eigenvalue weighted by Crippen LogP contribution is 2.27. The number of halogens is 2. The summed E-state index contributed by atoms with van der Waals surface area (Å²) in [5.41, 5.74) is 1.41. The Balaban J connectivity index is 2.31. The van der Waals surface area contributed by atoms with Crippen LogP contribution in [0.25, 0.3) is 17.0 Å². The van der Waals surface area contributed by atoms with E-state index in [1.807, 2.05) is 28.8 Å². The van der Waals surface area contributed by atoms with Crippen molar-refractivity contribution in [2.24, 2.45) is 0 Å². The first kappa shape index (κ1) is 10.5. The number of hydrogen-bond donors (Lipinski definition) is 0. The Labute approximate surface area is 107 Å². The van der Waals surface area contributed by atoms with Gasteiger partial charge in [-0.1, -0.05) is 29.3 Å². The van der Waals surface area contributed by atoms with E-state index in [0.717, 1.165) is 5.65 Å². The van der Waals surface area contributed by atoms with E-state index in [2.05, 4.69) is 15.2 Å². The molecule has 3 aromatic rings. The molecule has 0 fully saturated rings. The zero-order chi connectivity index (χ0) is 11.8. The van der Waals surface area contributed by atoms with Crippen LogP contribution in [-0.4, -0.2) is 19.6 Å². The van der Waals surface area contributed by atoms with E-state index in [1.165, 1.54) is 6.20 Å². The van der Waals surface area contributed by atoms with Crippen molar-refractivity contribution in [1.82, 2.24) is 19.6 Å². The first-order chi connectivity index (χ1) is 8.25. The Morgan fingerprint density at radius 1 is 1.12 bits per heavy atom. The lowest BCUT2D eigenvalue weighted by Gasteiger charge is -2.02. The van der Waals surface area contributed by atoms with Gasteiger partial charge < -0.3 is 0 Å². The third kappa shape index (κ3) is 1.75. The molecule has 0 aromatic carbocycles. The topological polar surface area (TPSA) is 43.1 Å². The van der Waals surface area contributed by atoms with Crippen LogP contribution in [0.15, 0.2) is 36.7 Å². The van der Waals surface area contributed by atoms with Crippen LogP contribution >= 0.6 is 23.2 Å². The Kier molecular flexibility index (Phi) is 2.46. The van der Waals surface area contributed by atoms with Crippen LogP contribution in [0, 0.1) is 0 Å². The molecule has 0 aliphatic rings. The van der Waals surface area contributed by atoms with Gasteiger partial charge in [-0.2, -0.15) is 0 Å². The molecule has 4 nitrogen and oxygen atoms in total. The zero-order valence-corrected chi connectivity index (χ0v) is 10.0. The normalized spacial score (nSPS) is 10.9. The standard InChI is InChI=1S/C11H6Cl2N4/c12-7-5-8(10(13)14-6-7)11-16-15-9-3-1-2-4-17(9)11/h1-6H. The second-order valence-electron chi connectivity index (χ2n) is 3.44. The molecule has 0 radical (unpaired) electrons. The van der Waals surface area contributed by atoms with Crippen molar-refractivity contribution in [3.63, 3.8) is 0 Å². The van der Waals surface area contributed by atoms with Crippen LogP contribution in [0.4, 0.5) is 0 Å². The van der Waals surface area contributed by atoms with Gasteiger partial charge in [0.05, 0.1) is 10.6 Å². The second kappa shape index (κ2) is 3.98. The molecule has 0 aliphatic heterocycles. The fraction of sp³-hybridized carbons (Fsp3) is 0. The summed E-state index contributed by atoms with van der Waals surface area (Å²) in [6.45, 7) is 0. The Hall–Kier alpha value is -1.65. The second-order valence-corrected chi connectivity index (χ2v) is 4.24. The number of pyridine rings is 2. The van der Waals surface area contributed by atoms with Gasteiger partial charge in [-0.25, -0.2) is 4.98 Å². The third-order valence-electron chi connectivity index (χ3n) is 2.36. The molecule has 0 bridgehead atoms. The van der Waals surface area contributed by atoms with E-state index in [-0.39, 0.29) is 0 Å². The van der Waals surface area contributed by atoms with E-state index in [4.69, 9.17) is 23.2 Å². The largest absolute Gasteiger partial charge is 0.282 e. The molecule has 0 amide bonds. The van der Waals surface area contributed by atoms with E-state index in [1.54, 1.807) is 6.07 Å². The average molecular weight is 265 g/mol. The number of fused-ring (bicyclic) bond motifs is 1. The van der Waals surface area contributed by atoms with Crippen molar-refractivity contribution < 1.29 is 0 Å². The molecular formula is C11H6Cl2N4. The average Bonchev–Trinajstić information content (AvgIpc) is 2.76. The molecule has 0 aliphatic carbocycles. The molecule has 0 unspecified atom stereocenters. The molecule has 0 atom stereocenters. The van der Waals surface area contributed by atoms with Crippen molar-refractivity contribution >= 4 is 28.8 Å². The molecular weight excluding hydrogens is 259 g/mol. The van der Waals surface area contributed by atoms with Gasteiger partial charge in [0.25, 0.3) is 0 Å². The molecule has 0 saturated heterocycles. The lowest BCUT2D eigenvalue weighted by molar-refractivity contribution is 1.11. The van der Waals surface area contributed by atoms with Crippen molar-refractivity contribution in [1.29, 1.82) is 0 Å². The minimum atomic E-state index is 0.354. The fourth-order valence-electron chi connectivity index (χ4n) is 1.60. The van der Waals surface area contributed by atoms with Gasteiger partial charge in [0.2, 0.25) is 0 Å². The van der Waals surface area contributed by atoms with Crippen LogP contribution in [0.2, 0.25) is 10.2 Å². The SMILES string of the molecule is Clc1cnc(Cl)c(-c2nnc3ccccn23)c1. The highest BCUT2D eigenvalue weighted by atomic mass is 35.5. The Morgan fingerprint density at radius 3 is 2.88 bits per heavy atom. The van der Waals surface area contributed by atoms with Gasteiger partial charge in [-0.05, 0) is 18.2 Å². The number of aromatic nitrogens is 4. The highest BCUT2D eigenvalue weighted by molar-refractivity contribution is 6.34. The van der Waals surface area contributed by atoms with Crippen molar-refractivity contribution in [2.45, 2.75) is 0 Å². The van der Waals surface area contributed by atoms with Crippen LogP contribution in [0.3, 0.4) is 0 Å².